The van der Waals surface area contributed by atoms with E-state index in [9.17, 15) is 4.79 Å². The van der Waals surface area contributed by atoms with Crippen LogP contribution in [0.5, 0.6) is 0 Å². The maximum absolute atomic E-state index is 10.9. The van der Waals surface area contributed by atoms with Crippen molar-refractivity contribution in [3.05, 3.63) is 0 Å². The van der Waals surface area contributed by atoms with Gasteiger partial charge < -0.3 is 15.2 Å². The third-order valence-electron chi connectivity index (χ3n) is 3.35. The number of hydrogen-bond donors (Lipinski definition) is 2. The molecule has 0 saturated heterocycles. The molecule has 1 aliphatic carbocycles. The second-order valence-corrected chi connectivity index (χ2v) is 4.82. The number of carboxylic acid groups (broad SMARTS) is 1. The number of nitrogens with one attached hydrogen (secondary N) is 1. The Bertz CT molecular complexity index is 221. The predicted molar refractivity (Wildman–Crippen MR) is 67.1 cm³/mol. The first-order valence-electron chi connectivity index (χ1n) is 6.78. The Morgan fingerprint density at radius 1 is 1.41 bits per heavy atom. The number of unbranched alkanes of at least 4 members (excludes halogenated alkanes) is 1. The van der Waals surface area contributed by atoms with Crippen molar-refractivity contribution in [1.29, 1.82) is 0 Å². The van der Waals surface area contributed by atoms with E-state index in [-0.39, 0.29) is 5.92 Å². The zero-order valence-electron chi connectivity index (χ0n) is 10.8. The van der Waals surface area contributed by atoms with Gasteiger partial charge in [-0.1, -0.05) is 19.8 Å². The van der Waals surface area contributed by atoms with Gasteiger partial charge in [0.05, 0.1) is 12.5 Å². The van der Waals surface area contributed by atoms with E-state index in [0.29, 0.717) is 6.04 Å². The van der Waals surface area contributed by atoms with Gasteiger partial charge in [0.25, 0.3) is 0 Å². The Labute approximate surface area is 104 Å². The van der Waals surface area contributed by atoms with Crippen molar-refractivity contribution in [2.75, 3.05) is 19.8 Å². The van der Waals surface area contributed by atoms with Gasteiger partial charge in [-0.25, -0.2) is 0 Å². The zero-order chi connectivity index (χ0) is 12.5. The number of rotatable bonds is 8. The van der Waals surface area contributed by atoms with Crippen LogP contribution in [-0.2, 0) is 9.53 Å². The van der Waals surface area contributed by atoms with E-state index in [4.69, 9.17) is 9.84 Å². The van der Waals surface area contributed by atoms with Crippen molar-refractivity contribution in [2.24, 2.45) is 5.92 Å². The Morgan fingerprint density at radius 2 is 2.24 bits per heavy atom. The van der Waals surface area contributed by atoms with Crippen LogP contribution < -0.4 is 5.32 Å². The zero-order valence-corrected chi connectivity index (χ0v) is 10.8. The summed E-state index contributed by atoms with van der Waals surface area (Å²) in [5.74, 6) is -0.794. The summed E-state index contributed by atoms with van der Waals surface area (Å²) in [6.07, 6.45) is 6.00. The molecular weight excluding hydrogens is 218 g/mol. The van der Waals surface area contributed by atoms with Crippen LogP contribution in [0, 0.1) is 5.92 Å². The maximum atomic E-state index is 10.9. The summed E-state index contributed by atoms with van der Waals surface area (Å²) < 4.78 is 5.46. The minimum Gasteiger partial charge on any atom is -0.481 e. The van der Waals surface area contributed by atoms with Gasteiger partial charge in [-0.15, -0.1) is 0 Å². The molecule has 0 amide bonds. The molecule has 0 bridgehead atoms. The minimum absolute atomic E-state index is 0.151. The highest BCUT2D eigenvalue weighted by Crippen LogP contribution is 2.24. The molecule has 100 valence electrons. The lowest BCUT2D eigenvalue weighted by molar-refractivity contribution is -0.143. The topological polar surface area (TPSA) is 58.6 Å². The molecule has 0 aliphatic heterocycles. The summed E-state index contributed by atoms with van der Waals surface area (Å²) in [5.41, 5.74) is 0. The number of aliphatic carboxylic acids is 1. The van der Waals surface area contributed by atoms with E-state index in [1.54, 1.807) is 0 Å². The van der Waals surface area contributed by atoms with Crippen LogP contribution >= 0.6 is 0 Å². The van der Waals surface area contributed by atoms with Crippen LogP contribution in [0.1, 0.15) is 45.4 Å². The quantitative estimate of drug-likeness (QED) is 0.640. The number of carbonyl (C=O) groups is 1. The van der Waals surface area contributed by atoms with Crippen LogP contribution in [0.4, 0.5) is 0 Å². The largest absolute Gasteiger partial charge is 0.481 e. The SMILES string of the molecule is CCCCOCCNC1CCCC(C(=O)O)C1. The highest BCUT2D eigenvalue weighted by Gasteiger charge is 2.26. The summed E-state index contributed by atoms with van der Waals surface area (Å²) >= 11 is 0. The summed E-state index contributed by atoms with van der Waals surface area (Å²) in [4.78, 5) is 10.9. The molecule has 0 radical (unpaired) electrons. The van der Waals surface area contributed by atoms with Gasteiger partial charge in [-0.05, 0) is 25.7 Å². The van der Waals surface area contributed by atoms with Crippen molar-refractivity contribution >= 4 is 5.97 Å². The Hall–Kier alpha value is -0.610. The average molecular weight is 243 g/mol. The fraction of sp³-hybridized carbons (Fsp3) is 0.923. The van der Waals surface area contributed by atoms with Crippen LogP contribution in [0.3, 0.4) is 0 Å². The van der Waals surface area contributed by atoms with Gasteiger partial charge >= 0.3 is 5.97 Å². The van der Waals surface area contributed by atoms with Crippen LogP contribution in [0.15, 0.2) is 0 Å². The third kappa shape index (κ3) is 6.03. The van der Waals surface area contributed by atoms with Crippen molar-refractivity contribution in [2.45, 2.75) is 51.5 Å². The van der Waals surface area contributed by atoms with Crippen LogP contribution in [-0.4, -0.2) is 36.9 Å². The Balaban J connectivity index is 2.04. The molecule has 1 fully saturated rings. The number of carboxylic acids is 1. The minimum atomic E-state index is -0.643. The first kappa shape index (κ1) is 14.5. The maximum Gasteiger partial charge on any atom is 0.306 e. The second kappa shape index (κ2) is 8.48. The van der Waals surface area contributed by atoms with E-state index < -0.39 is 5.97 Å². The standard InChI is InChI=1S/C13H25NO3/c1-2-3-8-17-9-7-14-12-6-4-5-11(10-12)13(15)16/h11-12,14H,2-10H2,1H3,(H,15,16). The molecule has 4 nitrogen and oxygen atoms in total. The summed E-state index contributed by atoms with van der Waals surface area (Å²) in [5, 5.41) is 12.4. The molecule has 1 rings (SSSR count). The predicted octanol–water partition coefficient (Wildman–Crippen LogP) is 2.04. The van der Waals surface area contributed by atoms with E-state index in [1.807, 2.05) is 0 Å². The Kier molecular flexibility index (Phi) is 7.21. The monoisotopic (exact) mass is 243 g/mol. The summed E-state index contributed by atoms with van der Waals surface area (Å²) in [6.45, 7) is 4.55. The third-order valence-corrected chi connectivity index (χ3v) is 3.35. The van der Waals surface area contributed by atoms with Gasteiger partial charge in [-0.2, -0.15) is 0 Å². The first-order chi connectivity index (χ1) is 8.24. The molecular formula is C13H25NO3. The van der Waals surface area contributed by atoms with Crippen LogP contribution in [0.25, 0.3) is 0 Å². The van der Waals surface area contributed by atoms with Gasteiger partial charge in [0.15, 0.2) is 0 Å². The molecule has 2 atom stereocenters. The second-order valence-electron chi connectivity index (χ2n) is 4.82. The fourth-order valence-corrected chi connectivity index (χ4v) is 2.28. The van der Waals surface area contributed by atoms with Crippen molar-refractivity contribution in [3.8, 4) is 0 Å². The smallest absolute Gasteiger partial charge is 0.306 e. The number of hydrogen-bond acceptors (Lipinski definition) is 3. The van der Waals surface area contributed by atoms with E-state index in [0.717, 1.165) is 58.3 Å². The van der Waals surface area contributed by atoms with Gasteiger partial charge in [0, 0.05) is 19.2 Å². The fourth-order valence-electron chi connectivity index (χ4n) is 2.28. The van der Waals surface area contributed by atoms with Gasteiger partial charge in [0.2, 0.25) is 0 Å². The normalized spacial score (nSPS) is 24.8. The average Bonchev–Trinajstić information content (AvgIpc) is 2.34. The van der Waals surface area contributed by atoms with Gasteiger partial charge in [-0.3, -0.25) is 4.79 Å². The highest BCUT2D eigenvalue weighted by molar-refractivity contribution is 5.70. The molecule has 1 aliphatic rings. The molecule has 4 heteroatoms. The lowest BCUT2D eigenvalue weighted by Gasteiger charge is -2.27. The van der Waals surface area contributed by atoms with E-state index in [1.165, 1.54) is 0 Å². The molecule has 2 unspecified atom stereocenters. The van der Waals surface area contributed by atoms with Crippen molar-refractivity contribution < 1.29 is 14.6 Å². The number of ether oxygens (including phenoxy) is 1. The van der Waals surface area contributed by atoms with E-state index in [2.05, 4.69) is 12.2 Å². The highest BCUT2D eigenvalue weighted by atomic mass is 16.5. The molecule has 0 aromatic heterocycles. The molecule has 0 spiro atoms. The molecule has 2 N–H and O–H groups in total. The van der Waals surface area contributed by atoms with E-state index >= 15 is 0 Å². The molecule has 1 saturated carbocycles. The van der Waals surface area contributed by atoms with Gasteiger partial charge in [0.1, 0.15) is 0 Å². The first-order valence-corrected chi connectivity index (χ1v) is 6.78. The van der Waals surface area contributed by atoms with Crippen molar-refractivity contribution in [3.63, 3.8) is 0 Å². The Morgan fingerprint density at radius 3 is 2.94 bits per heavy atom. The lowest BCUT2D eigenvalue weighted by atomic mass is 9.86. The molecule has 17 heavy (non-hydrogen) atoms. The molecule has 0 aromatic rings. The molecule has 0 heterocycles. The van der Waals surface area contributed by atoms with Crippen molar-refractivity contribution in [1.82, 2.24) is 5.32 Å². The lowest BCUT2D eigenvalue weighted by Crippen LogP contribution is -2.38. The molecule has 0 aromatic carbocycles. The summed E-state index contributed by atoms with van der Waals surface area (Å²) in [6, 6.07) is 0.361. The summed E-state index contributed by atoms with van der Waals surface area (Å²) in [7, 11) is 0. The van der Waals surface area contributed by atoms with Crippen LogP contribution in [0.2, 0.25) is 0 Å².